The fourth-order valence-electron chi connectivity index (χ4n) is 5.05. The molecule has 3 aromatic rings. The SMILES string of the molecule is CN(Cc1ccc2n(c1=O)C[C@H]1C[C@@H]2CN(C(=O)c2cc[nH]c2)C1)Cc1nccn1C. The number of fused-ring (bicyclic) bond motifs is 4. The number of aromatic amines is 1. The molecule has 8 heteroatoms. The van der Waals surface area contributed by atoms with E-state index in [1.807, 2.05) is 46.5 Å². The van der Waals surface area contributed by atoms with E-state index in [0.29, 0.717) is 44.2 Å². The van der Waals surface area contributed by atoms with Gasteiger partial charge in [0.1, 0.15) is 5.82 Å². The zero-order valence-electron chi connectivity index (χ0n) is 18.0. The number of H-pyrrole nitrogens is 1. The summed E-state index contributed by atoms with van der Waals surface area (Å²) in [6.07, 6.45) is 8.28. The van der Waals surface area contributed by atoms with Crippen LogP contribution in [0.4, 0.5) is 0 Å². The Morgan fingerprint density at radius 3 is 2.84 bits per heavy atom. The standard InChI is InChI=1S/C23H28N6O2/c1-26(15-21-25-7-8-27(21)2)13-18-3-4-20-19-9-16(12-29(20)23(18)31)11-28(14-19)22(30)17-5-6-24-10-17/h3-8,10,16,19,24H,9,11-15H2,1-2H3/t16-,19+/m0/s1. The summed E-state index contributed by atoms with van der Waals surface area (Å²) in [4.78, 5) is 37.5. The topological polar surface area (TPSA) is 79.2 Å². The van der Waals surface area contributed by atoms with E-state index < -0.39 is 0 Å². The maximum atomic E-state index is 13.3. The molecular weight excluding hydrogens is 392 g/mol. The number of hydrogen-bond donors (Lipinski definition) is 1. The first-order chi connectivity index (χ1) is 15.0. The molecule has 31 heavy (non-hydrogen) atoms. The molecule has 162 valence electrons. The van der Waals surface area contributed by atoms with Gasteiger partial charge in [0.15, 0.2) is 0 Å². The van der Waals surface area contributed by atoms with Crippen molar-refractivity contribution in [1.82, 2.24) is 28.9 Å². The minimum absolute atomic E-state index is 0.0688. The summed E-state index contributed by atoms with van der Waals surface area (Å²) in [5, 5.41) is 0. The van der Waals surface area contributed by atoms with Crippen LogP contribution in [0.15, 0.2) is 47.8 Å². The third-order valence-electron chi connectivity index (χ3n) is 6.59. The van der Waals surface area contributed by atoms with Gasteiger partial charge >= 0.3 is 0 Å². The Hall–Kier alpha value is -3.13. The molecule has 0 aliphatic carbocycles. The van der Waals surface area contributed by atoms with Gasteiger partial charge in [-0.25, -0.2) is 4.98 Å². The number of nitrogens with zero attached hydrogens (tertiary/aromatic N) is 5. The van der Waals surface area contributed by atoms with Crippen LogP contribution in [-0.2, 0) is 26.7 Å². The minimum Gasteiger partial charge on any atom is -0.367 e. The van der Waals surface area contributed by atoms with Crippen molar-refractivity contribution in [2.75, 3.05) is 20.1 Å². The second kappa shape index (κ2) is 7.85. The quantitative estimate of drug-likeness (QED) is 0.683. The number of carbonyl (C=O) groups is 1. The Bertz CT molecular complexity index is 1150. The number of hydrogen-bond acceptors (Lipinski definition) is 4. The van der Waals surface area contributed by atoms with Gasteiger partial charge in [0.2, 0.25) is 0 Å². The van der Waals surface area contributed by atoms with Crippen molar-refractivity contribution in [2.24, 2.45) is 13.0 Å². The number of carbonyl (C=O) groups excluding carboxylic acids is 1. The summed E-state index contributed by atoms with van der Waals surface area (Å²) >= 11 is 0. The van der Waals surface area contributed by atoms with Crippen LogP contribution < -0.4 is 5.56 Å². The van der Waals surface area contributed by atoms with Crippen LogP contribution in [0.2, 0.25) is 0 Å². The van der Waals surface area contributed by atoms with Crippen molar-refractivity contribution < 1.29 is 4.79 Å². The van der Waals surface area contributed by atoms with Crippen LogP contribution in [0.1, 0.15) is 39.8 Å². The molecule has 0 unspecified atom stereocenters. The summed E-state index contributed by atoms with van der Waals surface area (Å²) < 4.78 is 3.96. The number of piperidine rings is 1. The van der Waals surface area contributed by atoms with Crippen molar-refractivity contribution in [3.05, 3.63) is 76.0 Å². The van der Waals surface area contributed by atoms with Crippen LogP contribution in [0.25, 0.3) is 0 Å². The summed E-state index contributed by atoms with van der Waals surface area (Å²) in [6, 6.07) is 5.88. The van der Waals surface area contributed by atoms with E-state index >= 15 is 0 Å². The van der Waals surface area contributed by atoms with E-state index in [9.17, 15) is 9.59 Å². The molecule has 1 fully saturated rings. The number of aromatic nitrogens is 4. The van der Waals surface area contributed by atoms with Crippen molar-refractivity contribution in [3.8, 4) is 0 Å². The van der Waals surface area contributed by atoms with E-state index in [2.05, 4.69) is 20.9 Å². The molecule has 1 N–H and O–H groups in total. The second-order valence-electron chi connectivity index (χ2n) is 8.93. The summed E-state index contributed by atoms with van der Waals surface area (Å²) in [7, 11) is 3.99. The van der Waals surface area contributed by atoms with E-state index in [4.69, 9.17) is 0 Å². The molecule has 3 aromatic heterocycles. The zero-order chi connectivity index (χ0) is 21.5. The highest BCUT2D eigenvalue weighted by Gasteiger charge is 2.37. The lowest BCUT2D eigenvalue weighted by Gasteiger charge is -2.43. The highest BCUT2D eigenvalue weighted by atomic mass is 16.2. The predicted molar refractivity (Wildman–Crippen MR) is 117 cm³/mol. The van der Waals surface area contributed by atoms with Crippen LogP contribution in [-0.4, -0.2) is 54.9 Å². The van der Waals surface area contributed by atoms with Gasteiger partial charge in [-0.05, 0) is 31.5 Å². The largest absolute Gasteiger partial charge is 0.367 e. The average Bonchev–Trinajstić information content (AvgIpc) is 3.42. The van der Waals surface area contributed by atoms with Gasteiger partial charge in [0.25, 0.3) is 11.5 Å². The van der Waals surface area contributed by atoms with Crippen molar-refractivity contribution in [2.45, 2.75) is 32.0 Å². The van der Waals surface area contributed by atoms with E-state index in [-0.39, 0.29) is 17.4 Å². The number of rotatable bonds is 5. The first-order valence-corrected chi connectivity index (χ1v) is 10.8. The molecule has 5 rings (SSSR count). The van der Waals surface area contributed by atoms with Gasteiger partial charge in [-0.2, -0.15) is 0 Å². The molecule has 0 spiro atoms. The number of aryl methyl sites for hydroxylation is 1. The van der Waals surface area contributed by atoms with Crippen molar-refractivity contribution in [3.63, 3.8) is 0 Å². The summed E-state index contributed by atoms with van der Waals surface area (Å²) in [5.74, 6) is 1.57. The minimum atomic E-state index is 0.0688. The molecule has 5 heterocycles. The van der Waals surface area contributed by atoms with E-state index in [1.54, 1.807) is 18.6 Å². The van der Waals surface area contributed by atoms with Crippen LogP contribution in [0.5, 0.6) is 0 Å². The Morgan fingerprint density at radius 1 is 1.23 bits per heavy atom. The first-order valence-electron chi connectivity index (χ1n) is 10.8. The summed E-state index contributed by atoms with van der Waals surface area (Å²) in [6.45, 7) is 3.32. The molecule has 0 aromatic carbocycles. The van der Waals surface area contributed by atoms with Crippen molar-refractivity contribution >= 4 is 5.91 Å². The smallest absolute Gasteiger partial charge is 0.255 e. The van der Waals surface area contributed by atoms with Gasteiger partial charge in [-0.3, -0.25) is 14.5 Å². The first kappa shape index (κ1) is 19.8. The third kappa shape index (κ3) is 3.72. The van der Waals surface area contributed by atoms with Gasteiger partial charge in [-0.1, -0.05) is 6.07 Å². The molecule has 2 aliphatic rings. The number of amides is 1. The monoisotopic (exact) mass is 420 g/mol. The Kier molecular flexibility index (Phi) is 5.02. The third-order valence-corrected chi connectivity index (χ3v) is 6.59. The maximum Gasteiger partial charge on any atom is 0.255 e. The Balaban J connectivity index is 1.34. The molecule has 2 aliphatic heterocycles. The van der Waals surface area contributed by atoms with E-state index in [1.165, 1.54) is 0 Å². The van der Waals surface area contributed by atoms with Gasteiger partial charge in [-0.15, -0.1) is 0 Å². The van der Waals surface area contributed by atoms with Gasteiger partial charge < -0.3 is 19.0 Å². The number of imidazole rings is 1. The zero-order valence-corrected chi connectivity index (χ0v) is 18.0. The van der Waals surface area contributed by atoms with Crippen LogP contribution in [0, 0.1) is 5.92 Å². The molecule has 0 radical (unpaired) electrons. The lowest BCUT2D eigenvalue weighted by atomic mass is 9.82. The lowest BCUT2D eigenvalue weighted by Crippen LogP contribution is -2.49. The molecule has 2 bridgehead atoms. The molecule has 1 amide bonds. The second-order valence-corrected chi connectivity index (χ2v) is 8.93. The highest BCUT2D eigenvalue weighted by Crippen LogP contribution is 2.35. The fraction of sp³-hybridized carbons (Fsp3) is 0.435. The molecule has 2 atom stereocenters. The van der Waals surface area contributed by atoms with Gasteiger partial charge in [0.05, 0.1) is 12.1 Å². The molecule has 0 saturated carbocycles. The van der Waals surface area contributed by atoms with Crippen LogP contribution >= 0.6 is 0 Å². The number of pyridine rings is 1. The molecule has 8 nitrogen and oxygen atoms in total. The Morgan fingerprint density at radius 2 is 2.10 bits per heavy atom. The predicted octanol–water partition coefficient (Wildman–Crippen LogP) is 1.80. The van der Waals surface area contributed by atoms with Gasteiger partial charge in [0, 0.05) is 75.2 Å². The maximum absolute atomic E-state index is 13.3. The highest BCUT2D eigenvalue weighted by molar-refractivity contribution is 5.94. The summed E-state index contributed by atoms with van der Waals surface area (Å²) in [5.41, 5.74) is 2.66. The molecular formula is C23H28N6O2. The number of nitrogens with one attached hydrogen (secondary N) is 1. The normalized spacial score (nSPS) is 20.2. The van der Waals surface area contributed by atoms with Crippen molar-refractivity contribution in [1.29, 1.82) is 0 Å². The number of likely N-dealkylation sites (tertiary alicyclic amines) is 1. The fourth-order valence-corrected chi connectivity index (χ4v) is 5.05. The van der Waals surface area contributed by atoms with E-state index in [0.717, 1.165) is 23.5 Å². The van der Waals surface area contributed by atoms with Crippen LogP contribution in [0.3, 0.4) is 0 Å². The molecule has 1 saturated heterocycles. The Labute approximate surface area is 181 Å². The lowest BCUT2D eigenvalue weighted by molar-refractivity contribution is 0.0594. The average molecular weight is 421 g/mol.